The Morgan fingerprint density at radius 1 is 1.19 bits per heavy atom. The number of nitrogens with zero attached hydrogens (tertiary/aromatic N) is 1. The van der Waals surface area contributed by atoms with Gasteiger partial charge >= 0.3 is 0 Å². The van der Waals surface area contributed by atoms with Crippen molar-refractivity contribution in [2.45, 2.75) is 13.3 Å². The second-order valence-electron chi connectivity index (χ2n) is 3.18. The Morgan fingerprint density at radius 3 is 2.56 bits per heavy atom. The van der Waals surface area contributed by atoms with Crippen LogP contribution in [0.3, 0.4) is 0 Å². The lowest BCUT2D eigenvalue weighted by atomic mass is 10.2. The average molecular weight is 223 g/mol. The lowest BCUT2D eigenvalue weighted by molar-refractivity contribution is 0.146. The standard InChI is InChI=1S/C12H17NO3/c1-4-7-16-13-9-10-5-6-11(14-2)12(8-10)15-3/h5-6,8-9H,4,7H2,1-3H3/b13-9+. The van der Waals surface area contributed by atoms with Gasteiger partial charge in [0.15, 0.2) is 11.5 Å². The molecular weight excluding hydrogens is 206 g/mol. The van der Waals surface area contributed by atoms with Gasteiger partial charge in [-0.2, -0.15) is 0 Å². The molecule has 0 aliphatic heterocycles. The quantitative estimate of drug-likeness (QED) is 0.422. The molecule has 0 bridgehead atoms. The molecule has 88 valence electrons. The third-order valence-electron chi connectivity index (χ3n) is 1.98. The monoisotopic (exact) mass is 223 g/mol. The van der Waals surface area contributed by atoms with E-state index in [9.17, 15) is 0 Å². The predicted molar refractivity (Wildman–Crippen MR) is 63.4 cm³/mol. The number of hydrogen-bond acceptors (Lipinski definition) is 4. The van der Waals surface area contributed by atoms with Gasteiger partial charge in [0, 0.05) is 5.56 Å². The number of oxime groups is 1. The molecule has 0 spiro atoms. The first-order valence-electron chi connectivity index (χ1n) is 5.19. The van der Waals surface area contributed by atoms with Gasteiger partial charge < -0.3 is 14.3 Å². The molecular formula is C12H17NO3. The normalized spacial score (nSPS) is 10.4. The SMILES string of the molecule is CCCO/N=C/c1ccc(OC)c(OC)c1. The molecule has 4 heteroatoms. The highest BCUT2D eigenvalue weighted by Gasteiger charge is 2.02. The maximum Gasteiger partial charge on any atom is 0.161 e. The summed E-state index contributed by atoms with van der Waals surface area (Å²) >= 11 is 0. The Kier molecular flexibility index (Phi) is 5.19. The van der Waals surface area contributed by atoms with Gasteiger partial charge in [-0.3, -0.25) is 0 Å². The van der Waals surface area contributed by atoms with E-state index in [0.29, 0.717) is 18.1 Å². The van der Waals surface area contributed by atoms with E-state index < -0.39 is 0 Å². The van der Waals surface area contributed by atoms with Gasteiger partial charge in [0.25, 0.3) is 0 Å². The third-order valence-corrected chi connectivity index (χ3v) is 1.98. The van der Waals surface area contributed by atoms with Gasteiger partial charge in [-0.15, -0.1) is 0 Å². The smallest absolute Gasteiger partial charge is 0.161 e. The summed E-state index contributed by atoms with van der Waals surface area (Å²) in [7, 11) is 3.21. The average Bonchev–Trinajstić information content (AvgIpc) is 2.34. The van der Waals surface area contributed by atoms with E-state index in [0.717, 1.165) is 12.0 Å². The maximum atomic E-state index is 5.18. The van der Waals surface area contributed by atoms with Gasteiger partial charge in [-0.05, 0) is 24.6 Å². The fourth-order valence-corrected chi connectivity index (χ4v) is 1.18. The summed E-state index contributed by atoms with van der Waals surface area (Å²) in [6.07, 6.45) is 2.60. The van der Waals surface area contributed by atoms with Crippen LogP contribution in [0.2, 0.25) is 0 Å². The largest absolute Gasteiger partial charge is 0.493 e. The highest BCUT2D eigenvalue weighted by atomic mass is 16.6. The summed E-state index contributed by atoms with van der Waals surface area (Å²) in [6, 6.07) is 5.57. The Labute approximate surface area is 95.8 Å². The fraction of sp³-hybridized carbons (Fsp3) is 0.417. The van der Waals surface area contributed by atoms with Crippen molar-refractivity contribution < 1.29 is 14.3 Å². The van der Waals surface area contributed by atoms with E-state index in [4.69, 9.17) is 14.3 Å². The molecule has 1 aromatic rings. The van der Waals surface area contributed by atoms with Crippen LogP contribution in [-0.2, 0) is 4.84 Å². The lowest BCUT2D eigenvalue weighted by Gasteiger charge is -2.07. The minimum Gasteiger partial charge on any atom is -0.493 e. The molecule has 0 heterocycles. The first kappa shape index (κ1) is 12.4. The molecule has 0 aliphatic carbocycles. The van der Waals surface area contributed by atoms with Crippen molar-refractivity contribution in [2.75, 3.05) is 20.8 Å². The Balaban J connectivity index is 2.71. The number of ether oxygens (including phenoxy) is 2. The molecule has 0 aromatic heterocycles. The third kappa shape index (κ3) is 3.46. The molecule has 0 saturated carbocycles. The van der Waals surface area contributed by atoms with Gasteiger partial charge in [-0.25, -0.2) is 0 Å². The van der Waals surface area contributed by atoms with Crippen molar-refractivity contribution in [2.24, 2.45) is 5.16 Å². The molecule has 0 aliphatic rings. The van der Waals surface area contributed by atoms with Crippen LogP contribution in [-0.4, -0.2) is 27.0 Å². The van der Waals surface area contributed by atoms with E-state index in [1.165, 1.54) is 0 Å². The number of rotatable bonds is 6. The van der Waals surface area contributed by atoms with E-state index in [-0.39, 0.29) is 0 Å². The highest BCUT2D eigenvalue weighted by Crippen LogP contribution is 2.26. The molecule has 16 heavy (non-hydrogen) atoms. The Morgan fingerprint density at radius 2 is 1.94 bits per heavy atom. The first-order chi connectivity index (χ1) is 7.81. The van der Waals surface area contributed by atoms with E-state index >= 15 is 0 Å². The van der Waals surface area contributed by atoms with Crippen molar-refractivity contribution in [3.05, 3.63) is 23.8 Å². The molecule has 0 fully saturated rings. The molecule has 0 amide bonds. The zero-order chi connectivity index (χ0) is 11.8. The molecule has 0 atom stereocenters. The predicted octanol–water partition coefficient (Wildman–Crippen LogP) is 2.46. The number of methoxy groups -OCH3 is 2. The summed E-state index contributed by atoms with van der Waals surface area (Å²) < 4.78 is 10.3. The van der Waals surface area contributed by atoms with Crippen LogP contribution in [0, 0.1) is 0 Å². The zero-order valence-corrected chi connectivity index (χ0v) is 9.90. The summed E-state index contributed by atoms with van der Waals surface area (Å²) in [5.74, 6) is 1.39. The maximum absolute atomic E-state index is 5.18. The minimum absolute atomic E-state index is 0.629. The van der Waals surface area contributed by atoms with Crippen LogP contribution >= 0.6 is 0 Å². The Hall–Kier alpha value is -1.71. The van der Waals surface area contributed by atoms with Crippen LogP contribution in [0.25, 0.3) is 0 Å². The highest BCUT2D eigenvalue weighted by molar-refractivity contribution is 5.80. The number of benzene rings is 1. The molecule has 0 N–H and O–H groups in total. The van der Waals surface area contributed by atoms with Crippen molar-refractivity contribution in [3.8, 4) is 11.5 Å². The number of hydrogen-bond donors (Lipinski definition) is 0. The summed E-state index contributed by atoms with van der Waals surface area (Å²) in [5.41, 5.74) is 0.911. The van der Waals surface area contributed by atoms with Crippen LogP contribution in [0.15, 0.2) is 23.4 Å². The van der Waals surface area contributed by atoms with Gasteiger partial charge in [0.2, 0.25) is 0 Å². The van der Waals surface area contributed by atoms with Gasteiger partial charge in [0.1, 0.15) is 6.61 Å². The summed E-state index contributed by atoms with van der Waals surface area (Å²) in [6.45, 7) is 2.66. The van der Waals surface area contributed by atoms with Crippen LogP contribution in [0.5, 0.6) is 11.5 Å². The van der Waals surface area contributed by atoms with E-state index in [2.05, 4.69) is 5.16 Å². The molecule has 4 nitrogen and oxygen atoms in total. The second-order valence-corrected chi connectivity index (χ2v) is 3.18. The van der Waals surface area contributed by atoms with Crippen LogP contribution in [0.4, 0.5) is 0 Å². The minimum atomic E-state index is 0.629. The van der Waals surface area contributed by atoms with Gasteiger partial charge in [-0.1, -0.05) is 12.1 Å². The lowest BCUT2D eigenvalue weighted by Crippen LogP contribution is -1.92. The first-order valence-corrected chi connectivity index (χ1v) is 5.19. The van der Waals surface area contributed by atoms with Crippen molar-refractivity contribution in [3.63, 3.8) is 0 Å². The van der Waals surface area contributed by atoms with Crippen molar-refractivity contribution in [1.29, 1.82) is 0 Å². The van der Waals surface area contributed by atoms with Crippen LogP contribution in [0.1, 0.15) is 18.9 Å². The summed E-state index contributed by atoms with van der Waals surface area (Å²) in [5, 5.41) is 3.84. The zero-order valence-electron chi connectivity index (χ0n) is 9.90. The molecule has 0 saturated heterocycles. The Bertz CT molecular complexity index is 350. The molecule has 1 rings (SSSR count). The molecule has 0 unspecified atom stereocenters. The molecule has 1 aromatic carbocycles. The van der Waals surface area contributed by atoms with Gasteiger partial charge in [0.05, 0.1) is 20.4 Å². The topological polar surface area (TPSA) is 40.0 Å². The van der Waals surface area contributed by atoms with Crippen molar-refractivity contribution in [1.82, 2.24) is 0 Å². The molecule has 0 radical (unpaired) electrons. The second kappa shape index (κ2) is 6.71. The fourth-order valence-electron chi connectivity index (χ4n) is 1.18. The van der Waals surface area contributed by atoms with Crippen LogP contribution < -0.4 is 9.47 Å². The van der Waals surface area contributed by atoms with E-state index in [1.54, 1.807) is 20.4 Å². The van der Waals surface area contributed by atoms with Crippen molar-refractivity contribution >= 4 is 6.21 Å². The summed E-state index contributed by atoms with van der Waals surface area (Å²) in [4.78, 5) is 5.01. The van der Waals surface area contributed by atoms with E-state index in [1.807, 2.05) is 25.1 Å².